The van der Waals surface area contributed by atoms with E-state index < -0.39 is 12.1 Å². The Morgan fingerprint density at radius 2 is 2.05 bits per heavy atom. The van der Waals surface area contributed by atoms with Gasteiger partial charge in [-0.1, -0.05) is 25.1 Å². The summed E-state index contributed by atoms with van der Waals surface area (Å²) in [6, 6.07) is 7.15. The van der Waals surface area contributed by atoms with Crippen LogP contribution in [0.1, 0.15) is 18.9 Å². The Morgan fingerprint density at radius 3 is 2.65 bits per heavy atom. The highest BCUT2D eigenvalue weighted by Gasteiger charge is 2.13. The summed E-state index contributed by atoms with van der Waals surface area (Å²) in [5.41, 5.74) is 1.79. The predicted octanol–water partition coefficient (Wildman–Crippen LogP) is 1.86. The quantitative estimate of drug-likeness (QED) is 0.711. The Labute approximate surface area is 118 Å². The first-order chi connectivity index (χ1) is 9.56. The average molecular weight is 280 g/mol. The first kappa shape index (κ1) is 16.0. The molecule has 0 aliphatic heterocycles. The van der Waals surface area contributed by atoms with Gasteiger partial charge in [0.15, 0.2) is 0 Å². The minimum Gasteiger partial charge on any atom is -0.481 e. The van der Waals surface area contributed by atoms with Gasteiger partial charge in [-0.15, -0.1) is 0 Å². The largest absolute Gasteiger partial charge is 0.481 e. The lowest BCUT2D eigenvalue weighted by molar-refractivity contribution is -0.139. The van der Waals surface area contributed by atoms with Gasteiger partial charge in [0, 0.05) is 19.3 Å². The van der Waals surface area contributed by atoms with Gasteiger partial charge in [-0.2, -0.15) is 0 Å². The van der Waals surface area contributed by atoms with Crippen molar-refractivity contribution in [3.05, 3.63) is 29.8 Å². The molecule has 110 valence electrons. The fourth-order valence-electron chi connectivity index (χ4n) is 1.76. The molecule has 0 saturated heterocycles. The van der Waals surface area contributed by atoms with Gasteiger partial charge in [-0.25, -0.2) is 4.79 Å². The standard InChI is InChI=1S/C14H20N2O4/c1-3-10-6-4-5-7-12(10)16-14(19)15-9-11(20-2)8-13(17)18/h4-7,11H,3,8-9H2,1-2H3,(H,17,18)(H2,15,16,19). The summed E-state index contributed by atoms with van der Waals surface area (Å²) in [6.07, 6.45) is 0.123. The average Bonchev–Trinajstić information content (AvgIpc) is 2.43. The van der Waals surface area contributed by atoms with E-state index in [1.807, 2.05) is 31.2 Å². The van der Waals surface area contributed by atoms with Crippen molar-refractivity contribution in [1.82, 2.24) is 5.32 Å². The van der Waals surface area contributed by atoms with Gasteiger partial charge in [0.1, 0.15) is 0 Å². The molecule has 0 heterocycles. The van der Waals surface area contributed by atoms with Gasteiger partial charge in [0.25, 0.3) is 0 Å². The molecule has 0 spiro atoms. The third kappa shape index (κ3) is 5.27. The van der Waals surface area contributed by atoms with Gasteiger partial charge >= 0.3 is 12.0 Å². The van der Waals surface area contributed by atoms with Crippen LogP contribution in [0.4, 0.5) is 10.5 Å². The molecule has 0 aliphatic rings. The SMILES string of the molecule is CCc1ccccc1NC(=O)NCC(CC(=O)O)OC. The fourth-order valence-corrected chi connectivity index (χ4v) is 1.76. The summed E-state index contributed by atoms with van der Waals surface area (Å²) in [5.74, 6) is -0.963. The van der Waals surface area contributed by atoms with Gasteiger partial charge in [0.2, 0.25) is 0 Å². The zero-order valence-corrected chi connectivity index (χ0v) is 11.7. The molecule has 0 aliphatic carbocycles. The van der Waals surface area contributed by atoms with Crippen molar-refractivity contribution < 1.29 is 19.4 Å². The first-order valence-corrected chi connectivity index (χ1v) is 6.44. The summed E-state index contributed by atoms with van der Waals surface area (Å²) in [4.78, 5) is 22.3. The number of benzene rings is 1. The highest BCUT2D eigenvalue weighted by molar-refractivity contribution is 5.90. The lowest BCUT2D eigenvalue weighted by Gasteiger charge is -2.15. The van der Waals surface area contributed by atoms with Crippen LogP contribution in [0.25, 0.3) is 0 Å². The minimum atomic E-state index is -0.963. The number of anilines is 1. The predicted molar refractivity (Wildman–Crippen MR) is 75.9 cm³/mol. The molecule has 0 saturated carbocycles. The molecule has 0 bridgehead atoms. The van der Waals surface area contributed by atoms with Crippen LogP contribution in [0, 0.1) is 0 Å². The fraction of sp³-hybridized carbons (Fsp3) is 0.429. The Hall–Kier alpha value is -2.08. The molecule has 0 fully saturated rings. The molecule has 1 unspecified atom stereocenters. The molecule has 2 amide bonds. The minimum absolute atomic E-state index is 0.142. The molecule has 0 aromatic heterocycles. The number of amides is 2. The second-order valence-electron chi connectivity index (χ2n) is 4.30. The topological polar surface area (TPSA) is 87.7 Å². The summed E-state index contributed by atoms with van der Waals surface area (Å²) >= 11 is 0. The van der Waals surface area contributed by atoms with Gasteiger partial charge in [-0.3, -0.25) is 4.79 Å². The third-order valence-corrected chi connectivity index (χ3v) is 2.87. The number of carboxylic acids is 1. The molecule has 1 rings (SSSR count). The highest BCUT2D eigenvalue weighted by Crippen LogP contribution is 2.14. The zero-order chi connectivity index (χ0) is 15.0. The summed E-state index contributed by atoms with van der Waals surface area (Å²) < 4.78 is 4.98. The maximum Gasteiger partial charge on any atom is 0.319 e. The third-order valence-electron chi connectivity index (χ3n) is 2.87. The number of rotatable bonds is 7. The van der Waals surface area contributed by atoms with Crippen molar-refractivity contribution in [3.63, 3.8) is 0 Å². The zero-order valence-electron chi connectivity index (χ0n) is 11.7. The Kier molecular flexibility index (Phi) is 6.52. The molecule has 1 aromatic rings. The Balaban J connectivity index is 2.49. The number of para-hydroxylation sites is 1. The van der Waals surface area contributed by atoms with E-state index in [1.165, 1.54) is 7.11 Å². The van der Waals surface area contributed by atoms with Gasteiger partial charge < -0.3 is 20.5 Å². The molecule has 20 heavy (non-hydrogen) atoms. The lowest BCUT2D eigenvalue weighted by atomic mass is 10.1. The van der Waals surface area contributed by atoms with E-state index >= 15 is 0 Å². The van der Waals surface area contributed by atoms with Crippen LogP contribution in [-0.4, -0.2) is 36.9 Å². The molecule has 1 aromatic carbocycles. The number of methoxy groups -OCH3 is 1. The van der Waals surface area contributed by atoms with Crippen LogP contribution in [0.5, 0.6) is 0 Å². The number of hydrogen-bond donors (Lipinski definition) is 3. The second kappa shape index (κ2) is 8.16. The number of carboxylic acid groups (broad SMARTS) is 1. The van der Waals surface area contributed by atoms with Crippen LogP contribution in [0.15, 0.2) is 24.3 Å². The molecule has 0 radical (unpaired) electrons. The Morgan fingerprint density at radius 1 is 1.35 bits per heavy atom. The molecule has 3 N–H and O–H groups in total. The number of hydrogen-bond acceptors (Lipinski definition) is 3. The first-order valence-electron chi connectivity index (χ1n) is 6.44. The summed E-state index contributed by atoms with van der Waals surface area (Å²) in [5, 5.41) is 14.0. The van der Waals surface area contributed by atoms with Crippen molar-refractivity contribution in [2.45, 2.75) is 25.9 Å². The van der Waals surface area contributed by atoms with Crippen LogP contribution in [-0.2, 0) is 16.0 Å². The van der Waals surface area contributed by atoms with E-state index in [-0.39, 0.29) is 19.0 Å². The summed E-state index contributed by atoms with van der Waals surface area (Å²) in [7, 11) is 1.42. The van der Waals surface area contributed by atoms with Crippen molar-refractivity contribution in [2.24, 2.45) is 0 Å². The Bertz CT molecular complexity index is 462. The van der Waals surface area contributed by atoms with Gasteiger partial charge in [-0.05, 0) is 18.1 Å². The normalized spacial score (nSPS) is 11.7. The maximum atomic E-state index is 11.8. The number of carbonyl (C=O) groups excluding carboxylic acids is 1. The van der Waals surface area contributed by atoms with Crippen LogP contribution in [0.2, 0.25) is 0 Å². The number of ether oxygens (including phenoxy) is 1. The van der Waals surface area contributed by atoms with E-state index in [1.54, 1.807) is 0 Å². The number of aryl methyl sites for hydroxylation is 1. The molecule has 6 heteroatoms. The van der Waals surface area contributed by atoms with Crippen LogP contribution >= 0.6 is 0 Å². The van der Waals surface area contributed by atoms with Crippen LogP contribution in [0.3, 0.4) is 0 Å². The number of urea groups is 1. The van der Waals surface area contributed by atoms with E-state index in [4.69, 9.17) is 9.84 Å². The monoisotopic (exact) mass is 280 g/mol. The van der Waals surface area contributed by atoms with Crippen molar-refractivity contribution in [1.29, 1.82) is 0 Å². The number of nitrogens with one attached hydrogen (secondary N) is 2. The summed E-state index contributed by atoms with van der Waals surface area (Å²) in [6.45, 7) is 2.15. The van der Waals surface area contributed by atoms with Crippen molar-refractivity contribution in [3.8, 4) is 0 Å². The van der Waals surface area contributed by atoms with E-state index in [9.17, 15) is 9.59 Å². The van der Waals surface area contributed by atoms with E-state index in [0.29, 0.717) is 0 Å². The van der Waals surface area contributed by atoms with Crippen molar-refractivity contribution in [2.75, 3.05) is 19.0 Å². The number of aliphatic carboxylic acids is 1. The smallest absolute Gasteiger partial charge is 0.319 e. The van der Waals surface area contributed by atoms with E-state index in [2.05, 4.69) is 10.6 Å². The van der Waals surface area contributed by atoms with Crippen molar-refractivity contribution >= 4 is 17.7 Å². The highest BCUT2D eigenvalue weighted by atomic mass is 16.5. The second-order valence-corrected chi connectivity index (χ2v) is 4.30. The molecule has 6 nitrogen and oxygen atoms in total. The van der Waals surface area contributed by atoms with Crippen LogP contribution < -0.4 is 10.6 Å². The van der Waals surface area contributed by atoms with E-state index in [0.717, 1.165) is 17.7 Å². The lowest BCUT2D eigenvalue weighted by Crippen LogP contribution is -2.37. The molecule has 1 atom stereocenters. The molecular weight excluding hydrogens is 260 g/mol. The number of carbonyl (C=O) groups is 2. The maximum absolute atomic E-state index is 11.8. The molecular formula is C14H20N2O4. The van der Waals surface area contributed by atoms with Gasteiger partial charge in [0.05, 0.1) is 12.5 Å².